The summed E-state index contributed by atoms with van der Waals surface area (Å²) in [5, 5.41) is 0.750. The number of benzene rings is 1. The summed E-state index contributed by atoms with van der Waals surface area (Å²) in [5.41, 5.74) is 6.86. The molecule has 0 unspecified atom stereocenters. The molecule has 0 bridgehead atoms. The van der Waals surface area contributed by atoms with Gasteiger partial charge in [-0.15, -0.1) is 11.8 Å². The minimum atomic E-state index is -4.23. The Morgan fingerprint density at radius 2 is 2.15 bits per heavy atom. The van der Waals surface area contributed by atoms with Crippen molar-refractivity contribution in [2.45, 2.75) is 17.5 Å². The number of alkyl halides is 3. The van der Waals surface area contributed by atoms with Crippen molar-refractivity contribution in [3.8, 4) is 5.75 Å². The maximum absolute atomic E-state index is 12.4. The third-order valence-electron chi connectivity index (χ3n) is 2.78. The van der Waals surface area contributed by atoms with E-state index in [1.54, 1.807) is 12.1 Å². The van der Waals surface area contributed by atoms with Crippen LogP contribution in [0.25, 0.3) is 11.0 Å². The van der Waals surface area contributed by atoms with Crippen LogP contribution in [0.15, 0.2) is 27.7 Å². The van der Waals surface area contributed by atoms with Crippen molar-refractivity contribution >= 4 is 22.7 Å². The molecule has 0 aliphatic rings. The lowest BCUT2D eigenvalue weighted by Gasteiger charge is -2.12. The summed E-state index contributed by atoms with van der Waals surface area (Å²) in [5.74, 6) is -0.434. The number of hydrogen-bond donors (Lipinski definition) is 1. The lowest BCUT2D eigenvalue weighted by molar-refractivity contribution is -0.105. The second-order valence-corrected chi connectivity index (χ2v) is 5.18. The summed E-state index contributed by atoms with van der Waals surface area (Å²) in [6.45, 7) is 0.422. The van der Waals surface area contributed by atoms with Crippen LogP contribution in [-0.2, 0) is 6.42 Å². The number of fused-ring (bicyclic) bond motifs is 1. The second kappa shape index (κ2) is 5.97. The fraction of sp³-hybridized carbons (Fsp3) is 0.385. The van der Waals surface area contributed by atoms with E-state index in [1.165, 1.54) is 13.4 Å². The SMILES string of the molecule is COc1cc(SCC(F)(F)F)c2occc2c1CCN. The molecule has 3 nitrogen and oxygen atoms in total. The Morgan fingerprint density at radius 1 is 1.40 bits per heavy atom. The lowest BCUT2D eigenvalue weighted by atomic mass is 10.1. The van der Waals surface area contributed by atoms with E-state index in [0.29, 0.717) is 41.0 Å². The van der Waals surface area contributed by atoms with Crippen LogP contribution < -0.4 is 10.5 Å². The van der Waals surface area contributed by atoms with Crippen LogP contribution >= 0.6 is 11.8 Å². The fourth-order valence-corrected chi connectivity index (χ4v) is 2.79. The zero-order chi connectivity index (χ0) is 14.8. The molecular formula is C13H14F3NO2S. The Balaban J connectivity index is 2.45. The van der Waals surface area contributed by atoms with Gasteiger partial charge in [-0.3, -0.25) is 0 Å². The number of rotatable bonds is 5. The summed E-state index contributed by atoms with van der Waals surface area (Å²) in [6.07, 6.45) is -2.20. The van der Waals surface area contributed by atoms with Crippen molar-refractivity contribution in [1.82, 2.24) is 0 Å². The van der Waals surface area contributed by atoms with E-state index < -0.39 is 11.9 Å². The Kier molecular flexibility index (Phi) is 4.49. The number of halogens is 3. The number of furan rings is 1. The highest BCUT2D eigenvalue weighted by Crippen LogP contribution is 2.39. The Bertz CT molecular complexity index is 595. The van der Waals surface area contributed by atoms with Crippen LogP contribution in [-0.4, -0.2) is 25.6 Å². The largest absolute Gasteiger partial charge is 0.496 e. The van der Waals surface area contributed by atoms with Crippen LogP contribution in [0.4, 0.5) is 13.2 Å². The average Bonchev–Trinajstić information content (AvgIpc) is 2.86. The van der Waals surface area contributed by atoms with Crippen LogP contribution in [0.5, 0.6) is 5.75 Å². The second-order valence-electron chi connectivity index (χ2n) is 4.16. The maximum atomic E-state index is 12.4. The zero-order valence-electron chi connectivity index (χ0n) is 10.8. The topological polar surface area (TPSA) is 48.4 Å². The fourth-order valence-electron chi connectivity index (χ4n) is 1.99. The Labute approximate surface area is 118 Å². The van der Waals surface area contributed by atoms with Gasteiger partial charge in [0.05, 0.1) is 24.0 Å². The highest BCUT2D eigenvalue weighted by Gasteiger charge is 2.28. The Morgan fingerprint density at radius 3 is 2.75 bits per heavy atom. The van der Waals surface area contributed by atoms with E-state index in [4.69, 9.17) is 14.9 Å². The molecule has 2 aromatic rings. The molecule has 0 aliphatic heterocycles. The van der Waals surface area contributed by atoms with Gasteiger partial charge in [0.2, 0.25) is 0 Å². The molecule has 0 saturated heterocycles. The normalized spacial score (nSPS) is 12.1. The van der Waals surface area contributed by atoms with E-state index in [1.807, 2.05) is 0 Å². The third-order valence-corrected chi connectivity index (χ3v) is 3.87. The smallest absolute Gasteiger partial charge is 0.398 e. The van der Waals surface area contributed by atoms with E-state index in [9.17, 15) is 13.2 Å². The van der Waals surface area contributed by atoms with Crippen molar-refractivity contribution in [2.24, 2.45) is 5.73 Å². The molecular weight excluding hydrogens is 291 g/mol. The minimum absolute atomic E-state index is 0.417. The quantitative estimate of drug-likeness (QED) is 0.858. The standard InChI is InChI=1S/C13H14F3NO2S/c1-18-10-6-11(20-7-13(14,15)16)12-9(3-5-19-12)8(10)2-4-17/h3,5-6H,2,4,7,17H2,1H3. The summed E-state index contributed by atoms with van der Waals surface area (Å²) >= 11 is 0.688. The summed E-state index contributed by atoms with van der Waals surface area (Å²) in [7, 11) is 1.49. The number of thioether (sulfide) groups is 1. The van der Waals surface area contributed by atoms with E-state index in [2.05, 4.69) is 0 Å². The molecule has 0 amide bonds. The molecule has 0 atom stereocenters. The molecule has 0 aliphatic carbocycles. The van der Waals surface area contributed by atoms with E-state index >= 15 is 0 Å². The van der Waals surface area contributed by atoms with Crippen molar-refractivity contribution in [3.63, 3.8) is 0 Å². The van der Waals surface area contributed by atoms with Crippen molar-refractivity contribution in [1.29, 1.82) is 0 Å². The summed E-state index contributed by atoms with van der Waals surface area (Å²) < 4.78 is 47.6. The van der Waals surface area contributed by atoms with Crippen LogP contribution in [0.3, 0.4) is 0 Å². The van der Waals surface area contributed by atoms with Gasteiger partial charge in [-0.25, -0.2) is 0 Å². The molecule has 110 valence electrons. The van der Waals surface area contributed by atoms with Gasteiger partial charge in [-0.05, 0) is 25.1 Å². The van der Waals surface area contributed by atoms with Crippen LogP contribution in [0, 0.1) is 0 Å². The highest BCUT2D eigenvalue weighted by molar-refractivity contribution is 7.99. The number of ether oxygens (including phenoxy) is 1. The van der Waals surface area contributed by atoms with E-state index in [-0.39, 0.29) is 0 Å². The first-order valence-electron chi connectivity index (χ1n) is 5.93. The van der Waals surface area contributed by atoms with Crippen molar-refractivity contribution in [2.75, 3.05) is 19.4 Å². The molecule has 2 N–H and O–H groups in total. The van der Waals surface area contributed by atoms with Gasteiger partial charge in [0.15, 0.2) is 0 Å². The van der Waals surface area contributed by atoms with Gasteiger partial charge in [-0.2, -0.15) is 13.2 Å². The predicted octanol–water partition coefficient (Wildman–Crippen LogP) is 3.60. The molecule has 0 saturated carbocycles. The number of hydrogen-bond acceptors (Lipinski definition) is 4. The minimum Gasteiger partial charge on any atom is -0.496 e. The van der Waals surface area contributed by atoms with Gasteiger partial charge in [0, 0.05) is 10.9 Å². The number of methoxy groups -OCH3 is 1. The average molecular weight is 305 g/mol. The van der Waals surface area contributed by atoms with Gasteiger partial charge in [0.25, 0.3) is 0 Å². The lowest BCUT2D eigenvalue weighted by Crippen LogP contribution is -2.10. The Hall–Kier alpha value is -1.34. The first-order valence-corrected chi connectivity index (χ1v) is 6.91. The monoisotopic (exact) mass is 305 g/mol. The molecule has 1 heterocycles. The van der Waals surface area contributed by atoms with Gasteiger partial charge in [0.1, 0.15) is 11.3 Å². The van der Waals surface area contributed by atoms with Gasteiger partial charge in [-0.1, -0.05) is 0 Å². The summed E-state index contributed by atoms with van der Waals surface area (Å²) in [6, 6.07) is 3.30. The molecule has 1 aromatic carbocycles. The van der Waals surface area contributed by atoms with Crippen molar-refractivity contribution < 1.29 is 22.3 Å². The molecule has 2 rings (SSSR count). The first-order chi connectivity index (χ1) is 9.46. The highest BCUT2D eigenvalue weighted by atomic mass is 32.2. The molecule has 0 spiro atoms. The molecule has 0 radical (unpaired) electrons. The maximum Gasteiger partial charge on any atom is 0.398 e. The number of nitrogens with two attached hydrogens (primary N) is 1. The molecule has 7 heteroatoms. The van der Waals surface area contributed by atoms with E-state index in [0.717, 1.165) is 10.9 Å². The van der Waals surface area contributed by atoms with Crippen LogP contribution in [0.1, 0.15) is 5.56 Å². The van der Waals surface area contributed by atoms with Crippen LogP contribution in [0.2, 0.25) is 0 Å². The first kappa shape index (κ1) is 15.1. The zero-order valence-corrected chi connectivity index (χ0v) is 11.6. The van der Waals surface area contributed by atoms with Crippen molar-refractivity contribution in [3.05, 3.63) is 24.0 Å². The molecule has 0 fully saturated rings. The third kappa shape index (κ3) is 3.21. The van der Waals surface area contributed by atoms with Gasteiger partial charge < -0.3 is 14.9 Å². The molecule has 1 aromatic heterocycles. The van der Waals surface area contributed by atoms with Gasteiger partial charge >= 0.3 is 6.18 Å². The predicted molar refractivity (Wildman–Crippen MR) is 72.3 cm³/mol. The molecule has 20 heavy (non-hydrogen) atoms. The summed E-state index contributed by atoms with van der Waals surface area (Å²) in [4.78, 5) is 0.417.